The van der Waals surface area contributed by atoms with Gasteiger partial charge in [0.15, 0.2) is 0 Å². The first-order valence-electron chi connectivity index (χ1n) is 5.64. The molecule has 0 amide bonds. The Morgan fingerprint density at radius 1 is 1.00 bits per heavy atom. The Bertz CT molecular complexity index is 188. The average molecular weight is 198 g/mol. The summed E-state index contributed by atoms with van der Waals surface area (Å²) in [5, 5.41) is 0. The van der Waals surface area contributed by atoms with Crippen LogP contribution in [0.2, 0.25) is 0 Å². The molecule has 2 saturated heterocycles. The molecule has 3 heteroatoms. The van der Waals surface area contributed by atoms with E-state index in [2.05, 4.69) is 30.6 Å². The van der Waals surface area contributed by atoms with Gasteiger partial charge in [0.25, 0.3) is 0 Å². The fourth-order valence-electron chi connectivity index (χ4n) is 2.19. The molecule has 0 aromatic heterocycles. The summed E-state index contributed by atoms with van der Waals surface area (Å²) in [6.45, 7) is 13.7. The molecule has 0 atom stereocenters. The molecule has 2 fully saturated rings. The first kappa shape index (κ1) is 10.4. The lowest BCUT2D eigenvalue weighted by Gasteiger charge is -2.46. The van der Waals surface area contributed by atoms with Crippen LogP contribution in [0.25, 0.3) is 0 Å². The number of hydrogen-bond acceptors (Lipinski definition) is 3. The van der Waals surface area contributed by atoms with Gasteiger partial charge in [-0.25, -0.2) is 0 Å². The molecule has 2 heterocycles. The van der Waals surface area contributed by atoms with Gasteiger partial charge in [-0.05, 0) is 20.8 Å². The second kappa shape index (κ2) is 3.80. The van der Waals surface area contributed by atoms with Gasteiger partial charge in [-0.1, -0.05) is 0 Å². The molecule has 2 aliphatic heterocycles. The van der Waals surface area contributed by atoms with Crippen molar-refractivity contribution in [3.05, 3.63) is 0 Å². The van der Waals surface area contributed by atoms with Crippen LogP contribution < -0.4 is 0 Å². The molecule has 0 radical (unpaired) electrons. The second-order valence-electron chi connectivity index (χ2n) is 5.39. The molecular formula is C11H22N2O. The van der Waals surface area contributed by atoms with Gasteiger partial charge in [-0.3, -0.25) is 9.80 Å². The van der Waals surface area contributed by atoms with Crippen molar-refractivity contribution < 1.29 is 4.74 Å². The Balaban J connectivity index is 1.80. The first-order valence-corrected chi connectivity index (χ1v) is 5.64. The Morgan fingerprint density at radius 3 is 1.93 bits per heavy atom. The van der Waals surface area contributed by atoms with Crippen LogP contribution in [0.3, 0.4) is 0 Å². The molecule has 0 spiro atoms. The first-order chi connectivity index (χ1) is 6.57. The summed E-state index contributed by atoms with van der Waals surface area (Å²) in [6.07, 6.45) is 0. The Kier molecular flexibility index (Phi) is 2.82. The molecule has 0 unspecified atom stereocenters. The van der Waals surface area contributed by atoms with E-state index in [1.807, 2.05) is 0 Å². The third-order valence-electron chi connectivity index (χ3n) is 3.40. The van der Waals surface area contributed by atoms with Crippen LogP contribution in [-0.2, 0) is 4.74 Å². The minimum Gasteiger partial charge on any atom is -0.378 e. The third kappa shape index (κ3) is 2.10. The number of rotatable bonds is 1. The quantitative estimate of drug-likeness (QED) is 0.620. The third-order valence-corrected chi connectivity index (χ3v) is 3.40. The average Bonchev–Trinajstić information content (AvgIpc) is 2.00. The molecule has 0 saturated carbocycles. The molecule has 0 aromatic carbocycles. The summed E-state index contributed by atoms with van der Waals surface area (Å²) < 4.78 is 5.23. The highest BCUT2D eigenvalue weighted by Gasteiger charge is 2.31. The smallest absolute Gasteiger partial charge is 0.0645 e. The second-order valence-corrected chi connectivity index (χ2v) is 5.39. The molecule has 2 aliphatic rings. The summed E-state index contributed by atoms with van der Waals surface area (Å²) in [5.41, 5.74) is 0.336. The largest absolute Gasteiger partial charge is 0.378 e. The fourth-order valence-corrected chi connectivity index (χ4v) is 2.19. The highest BCUT2D eigenvalue weighted by Crippen LogP contribution is 2.18. The summed E-state index contributed by atoms with van der Waals surface area (Å²) in [5.74, 6) is 0. The monoisotopic (exact) mass is 198 g/mol. The van der Waals surface area contributed by atoms with Crippen molar-refractivity contribution in [1.82, 2.24) is 9.80 Å². The maximum atomic E-state index is 5.23. The number of hydrogen-bond donors (Lipinski definition) is 0. The normalized spacial score (nSPS) is 27.6. The van der Waals surface area contributed by atoms with Gasteiger partial charge in [0.05, 0.1) is 19.3 Å². The van der Waals surface area contributed by atoms with E-state index in [1.54, 1.807) is 0 Å². The summed E-state index contributed by atoms with van der Waals surface area (Å²) in [6, 6.07) is 0.720. The van der Waals surface area contributed by atoms with Gasteiger partial charge in [-0.15, -0.1) is 0 Å². The molecule has 3 nitrogen and oxygen atoms in total. The maximum Gasteiger partial charge on any atom is 0.0645 e. The van der Waals surface area contributed by atoms with Crippen molar-refractivity contribution >= 4 is 0 Å². The van der Waals surface area contributed by atoms with Crippen LogP contribution in [0.5, 0.6) is 0 Å². The van der Waals surface area contributed by atoms with Gasteiger partial charge in [0, 0.05) is 31.7 Å². The molecule has 0 aliphatic carbocycles. The summed E-state index contributed by atoms with van der Waals surface area (Å²) in [7, 11) is 0. The van der Waals surface area contributed by atoms with Gasteiger partial charge in [-0.2, -0.15) is 0 Å². The highest BCUT2D eigenvalue weighted by molar-refractivity contribution is 4.86. The van der Waals surface area contributed by atoms with E-state index in [9.17, 15) is 0 Å². The zero-order chi connectivity index (χ0) is 10.2. The van der Waals surface area contributed by atoms with E-state index in [-0.39, 0.29) is 0 Å². The molecule has 0 bridgehead atoms. The minimum absolute atomic E-state index is 0.336. The van der Waals surface area contributed by atoms with E-state index in [0.29, 0.717) is 5.54 Å². The minimum atomic E-state index is 0.336. The van der Waals surface area contributed by atoms with E-state index in [4.69, 9.17) is 4.74 Å². The summed E-state index contributed by atoms with van der Waals surface area (Å²) in [4.78, 5) is 5.15. The lowest BCUT2D eigenvalue weighted by atomic mass is 10.0. The molecular weight excluding hydrogens is 176 g/mol. The van der Waals surface area contributed by atoms with Crippen molar-refractivity contribution in [2.45, 2.75) is 32.4 Å². The van der Waals surface area contributed by atoms with Crippen molar-refractivity contribution in [2.75, 3.05) is 39.4 Å². The lowest BCUT2D eigenvalue weighted by Crippen LogP contribution is -2.59. The Morgan fingerprint density at radius 2 is 1.57 bits per heavy atom. The predicted octanol–water partition coefficient (Wildman–Crippen LogP) is 0.801. The molecule has 0 aromatic rings. The van der Waals surface area contributed by atoms with Crippen molar-refractivity contribution in [1.29, 1.82) is 0 Å². The van der Waals surface area contributed by atoms with Crippen LogP contribution in [0.15, 0.2) is 0 Å². The van der Waals surface area contributed by atoms with Gasteiger partial charge < -0.3 is 4.74 Å². The van der Waals surface area contributed by atoms with Crippen molar-refractivity contribution in [2.24, 2.45) is 0 Å². The fraction of sp³-hybridized carbons (Fsp3) is 1.00. The van der Waals surface area contributed by atoms with E-state index in [0.717, 1.165) is 19.3 Å². The van der Waals surface area contributed by atoms with Crippen LogP contribution >= 0.6 is 0 Å². The van der Waals surface area contributed by atoms with Gasteiger partial charge in [0.2, 0.25) is 0 Å². The van der Waals surface area contributed by atoms with Crippen LogP contribution in [0.4, 0.5) is 0 Å². The van der Waals surface area contributed by atoms with Gasteiger partial charge in [0.1, 0.15) is 0 Å². The number of ether oxygens (including phenoxy) is 1. The topological polar surface area (TPSA) is 15.7 Å². The zero-order valence-electron chi connectivity index (χ0n) is 9.62. The SMILES string of the molecule is CC(C)(C)N1CCN(C2COC2)CC1. The molecule has 2 rings (SSSR count). The summed E-state index contributed by atoms with van der Waals surface area (Å²) >= 11 is 0. The van der Waals surface area contributed by atoms with Crippen LogP contribution in [-0.4, -0.2) is 60.8 Å². The highest BCUT2D eigenvalue weighted by atomic mass is 16.5. The molecule has 82 valence electrons. The Hall–Kier alpha value is -0.120. The maximum absolute atomic E-state index is 5.23. The lowest BCUT2D eigenvalue weighted by molar-refractivity contribution is -0.0830. The van der Waals surface area contributed by atoms with Gasteiger partial charge >= 0.3 is 0 Å². The van der Waals surface area contributed by atoms with Crippen molar-refractivity contribution in [3.8, 4) is 0 Å². The van der Waals surface area contributed by atoms with E-state index < -0.39 is 0 Å². The van der Waals surface area contributed by atoms with Crippen LogP contribution in [0, 0.1) is 0 Å². The Labute approximate surface area is 87.0 Å². The standard InChI is InChI=1S/C11H22N2O/c1-11(2,3)13-6-4-12(5-7-13)10-8-14-9-10/h10H,4-9H2,1-3H3. The number of piperazine rings is 1. The predicted molar refractivity (Wildman–Crippen MR) is 57.5 cm³/mol. The van der Waals surface area contributed by atoms with Crippen LogP contribution in [0.1, 0.15) is 20.8 Å². The molecule has 14 heavy (non-hydrogen) atoms. The zero-order valence-corrected chi connectivity index (χ0v) is 9.62. The van der Waals surface area contributed by atoms with E-state index in [1.165, 1.54) is 26.2 Å². The molecule has 0 N–H and O–H groups in total. The van der Waals surface area contributed by atoms with E-state index >= 15 is 0 Å². The van der Waals surface area contributed by atoms with Crippen molar-refractivity contribution in [3.63, 3.8) is 0 Å². The number of nitrogens with zero attached hydrogens (tertiary/aromatic N) is 2.